The van der Waals surface area contributed by atoms with Crippen LogP contribution in [0, 0.1) is 13.8 Å². The van der Waals surface area contributed by atoms with Crippen molar-refractivity contribution in [1.82, 2.24) is 5.16 Å². The lowest BCUT2D eigenvalue weighted by atomic mass is 9.95. The molecule has 3 aromatic rings. The average Bonchev–Trinajstić information content (AvgIpc) is 3.30. The quantitative estimate of drug-likeness (QED) is 0.377. The zero-order valence-electron chi connectivity index (χ0n) is 17.5. The first-order valence-electron chi connectivity index (χ1n) is 9.94. The van der Waals surface area contributed by atoms with Crippen LogP contribution in [-0.2, 0) is 9.59 Å². The highest BCUT2D eigenvalue weighted by Gasteiger charge is 2.48. The topological polar surface area (TPSA) is 92.9 Å². The molecular weight excluding hydrogens is 396 g/mol. The molecule has 0 aliphatic carbocycles. The minimum Gasteiger partial charge on any atom is -0.507 e. The maximum atomic E-state index is 13.0. The molecule has 2 aromatic carbocycles. The number of Topliss-reactive ketones (excluding diaryl/α,β-unsaturated/α-hetero) is 1. The molecule has 7 heteroatoms. The van der Waals surface area contributed by atoms with Gasteiger partial charge in [0, 0.05) is 11.6 Å². The third kappa shape index (κ3) is 3.70. The van der Waals surface area contributed by atoms with Crippen LogP contribution >= 0.6 is 0 Å². The van der Waals surface area contributed by atoms with E-state index in [9.17, 15) is 14.7 Å². The van der Waals surface area contributed by atoms with E-state index in [0.717, 1.165) is 5.56 Å². The Bertz CT molecular complexity index is 1160. The minimum absolute atomic E-state index is 0.00124. The number of carbonyl (C=O) groups excluding carboxylic acids is 2. The molecule has 1 amide bonds. The van der Waals surface area contributed by atoms with Gasteiger partial charge in [0.1, 0.15) is 17.3 Å². The van der Waals surface area contributed by atoms with Gasteiger partial charge >= 0.3 is 5.91 Å². The van der Waals surface area contributed by atoms with Crippen LogP contribution in [-0.4, -0.2) is 28.6 Å². The number of hydrogen-bond donors (Lipinski definition) is 1. The third-order valence-electron chi connectivity index (χ3n) is 5.14. The summed E-state index contributed by atoms with van der Waals surface area (Å²) >= 11 is 0. The Morgan fingerprint density at radius 3 is 2.35 bits per heavy atom. The van der Waals surface area contributed by atoms with Crippen LogP contribution in [0.1, 0.15) is 35.4 Å². The van der Waals surface area contributed by atoms with Crippen LogP contribution in [0.3, 0.4) is 0 Å². The van der Waals surface area contributed by atoms with E-state index in [1.165, 1.54) is 4.90 Å². The first kappa shape index (κ1) is 20.4. The molecule has 2 heterocycles. The van der Waals surface area contributed by atoms with E-state index < -0.39 is 17.7 Å². The van der Waals surface area contributed by atoms with Gasteiger partial charge in [0.15, 0.2) is 5.82 Å². The number of aryl methyl sites for hydroxylation is 2. The molecule has 1 fully saturated rings. The molecule has 1 aliphatic rings. The van der Waals surface area contributed by atoms with Gasteiger partial charge in [-0.2, -0.15) is 0 Å². The number of amides is 1. The second-order valence-electron chi connectivity index (χ2n) is 7.33. The van der Waals surface area contributed by atoms with Gasteiger partial charge in [0.25, 0.3) is 5.78 Å². The molecule has 1 N–H and O–H groups in total. The standard InChI is InChI=1S/C24H22N2O5/c1-4-30-18-11-9-16(10-12-18)21-20(22(27)17-7-5-14(2)6-8-17)23(28)24(29)26(21)19-13-15(3)31-25-19/h5-13,21,27H,4H2,1-3H3/b22-20+/t21-/m1/s1. The first-order valence-corrected chi connectivity index (χ1v) is 9.94. The third-order valence-corrected chi connectivity index (χ3v) is 5.14. The highest BCUT2D eigenvalue weighted by Crippen LogP contribution is 2.42. The van der Waals surface area contributed by atoms with Crippen molar-refractivity contribution in [3.05, 3.63) is 82.6 Å². The van der Waals surface area contributed by atoms with Crippen LogP contribution in [0.15, 0.2) is 64.7 Å². The normalized spacial score (nSPS) is 17.9. The summed E-state index contributed by atoms with van der Waals surface area (Å²) in [6.07, 6.45) is 0. The van der Waals surface area contributed by atoms with E-state index in [1.807, 2.05) is 26.0 Å². The molecule has 1 aromatic heterocycles. The Labute approximate surface area is 179 Å². The molecule has 0 unspecified atom stereocenters. The second-order valence-corrected chi connectivity index (χ2v) is 7.33. The summed E-state index contributed by atoms with van der Waals surface area (Å²) in [6, 6.07) is 14.9. The van der Waals surface area contributed by atoms with Crippen molar-refractivity contribution < 1.29 is 24.0 Å². The number of anilines is 1. The number of aliphatic hydroxyl groups is 1. The monoisotopic (exact) mass is 418 g/mol. The van der Waals surface area contributed by atoms with Crippen molar-refractivity contribution in [2.24, 2.45) is 0 Å². The lowest BCUT2D eigenvalue weighted by Gasteiger charge is -2.23. The first-order chi connectivity index (χ1) is 14.9. The summed E-state index contributed by atoms with van der Waals surface area (Å²) in [5.41, 5.74) is 2.10. The molecular formula is C24H22N2O5. The highest BCUT2D eigenvalue weighted by molar-refractivity contribution is 6.51. The molecule has 0 spiro atoms. The molecule has 31 heavy (non-hydrogen) atoms. The SMILES string of the molecule is CCOc1ccc([C@@H]2/C(=C(\O)c3ccc(C)cc3)C(=O)C(=O)N2c2cc(C)on2)cc1. The molecule has 1 aliphatic heterocycles. The Morgan fingerprint density at radius 2 is 1.77 bits per heavy atom. The van der Waals surface area contributed by atoms with Crippen LogP contribution in [0.5, 0.6) is 5.75 Å². The van der Waals surface area contributed by atoms with E-state index in [0.29, 0.717) is 29.2 Å². The van der Waals surface area contributed by atoms with Crippen LogP contribution in [0.4, 0.5) is 5.82 Å². The molecule has 0 radical (unpaired) electrons. The second kappa shape index (κ2) is 8.10. The summed E-state index contributed by atoms with van der Waals surface area (Å²) in [7, 11) is 0. The summed E-state index contributed by atoms with van der Waals surface area (Å²) in [6.45, 7) is 6.03. The lowest BCUT2D eigenvalue weighted by molar-refractivity contribution is -0.132. The number of carbonyl (C=O) groups is 2. The number of nitrogens with zero attached hydrogens (tertiary/aromatic N) is 2. The number of rotatable bonds is 5. The molecule has 1 atom stereocenters. The number of aliphatic hydroxyl groups excluding tert-OH is 1. The Hall–Kier alpha value is -3.87. The predicted octanol–water partition coefficient (Wildman–Crippen LogP) is 4.32. The van der Waals surface area contributed by atoms with Crippen LogP contribution in [0.2, 0.25) is 0 Å². The highest BCUT2D eigenvalue weighted by atomic mass is 16.5. The fraction of sp³-hybridized carbons (Fsp3) is 0.208. The Kier molecular flexibility index (Phi) is 5.33. The number of ether oxygens (including phenoxy) is 1. The number of aromatic nitrogens is 1. The summed E-state index contributed by atoms with van der Waals surface area (Å²) in [5, 5.41) is 15.0. The van der Waals surface area contributed by atoms with Crippen molar-refractivity contribution in [2.45, 2.75) is 26.8 Å². The average molecular weight is 418 g/mol. The van der Waals surface area contributed by atoms with Crippen LogP contribution in [0.25, 0.3) is 5.76 Å². The van der Waals surface area contributed by atoms with Crippen molar-refractivity contribution in [2.75, 3.05) is 11.5 Å². The minimum atomic E-state index is -0.860. The summed E-state index contributed by atoms with van der Waals surface area (Å²) in [4.78, 5) is 27.3. The van der Waals surface area contributed by atoms with Gasteiger partial charge in [-0.3, -0.25) is 14.5 Å². The van der Waals surface area contributed by atoms with Gasteiger partial charge < -0.3 is 14.4 Å². The van der Waals surface area contributed by atoms with E-state index in [4.69, 9.17) is 9.26 Å². The summed E-state index contributed by atoms with van der Waals surface area (Å²) in [5.74, 6) is -0.417. The number of ketones is 1. The smallest absolute Gasteiger partial charge is 0.301 e. The Balaban J connectivity index is 1.89. The van der Waals surface area contributed by atoms with Gasteiger partial charge in [-0.25, -0.2) is 0 Å². The van der Waals surface area contributed by atoms with E-state index in [-0.39, 0.29) is 17.2 Å². The molecule has 4 rings (SSSR count). The van der Waals surface area contributed by atoms with Gasteiger partial charge in [-0.1, -0.05) is 47.1 Å². The number of benzene rings is 2. The predicted molar refractivity (Wildman–Crippen MR) is 115 cm³/mol. The van der Waals surface area contributed by atoms with Gasteiger partial charge in [0.05, 0.1) is 18.2 Å². The fourth-order valence-electron chi connectivity index (χ4n) is 3.63. The molecule has 158 valence electrons. The maximum Gasteiger partial charge on any atom is 0.301 e. The zero-order valence-corrected chi connectivity index (χ0v) is 17.5. The fourth-order valence-corrected chi connectivity index (χ4v) is 3.63. The van der Waals surface area contributed by atoms with E-state index >= 15 is 0 Å². The van der Waals surface area contributed by atoms with Crippen molar-refractivity contribution in [3.63, 3.8) is 0 Å². The largest absolute Gasteiger partial charge is 0.507 e. The molecule has 0 bridgehead atoms. The van der Waals surface area contributed by atoms with Gasteiger partial charge in [-0.05, 0) is 38.5 Å². The molecule has 0 saturated carbocycles. The lowest BCUT2D eigenvalue weighted by Crippen LogP contribution is -2.29. The van der Waals surface area contributed by atoms with E-state index in [2.05, 4.69) is 5.16 Å². The van der Waals surface area contributed by atoms with Crippen molar-refractivity contribution in [3.8, 4) is 5.75 Å². The molecule has 7 nitrogen and oxygen atoms in total. The van der Waals surface area contributed by atoms with Crippen LogP contribution < -0.4 is 9.64 Å². The van der Waals surface area contributed by atoms with Gasteiger partial charge in [0.2, 0.25) is 0 Å². The summed E-state index contributed by atoms with van der Waals surface area (Å²) < 4.78 is 10.6. The zero-order chi connectivity index (χ0) is 22.1. The van der Waals surface area contributed by atoms with Gasteiger partial charge in [-0.15, -0.1) is 0 Å². The Morgan fingerprint density at radius 1 is 1.10 bits per heavy atom. The van der Waals surface area contributed by atoms with Crippen molar-refractivity contribution in [1.29, 1.82) is 0 Å². The number of hydrogen-bond acceptors (Lipinski definition) is 6. The van der Waals surface area contributed by atoms with Crippen molar-refractivity contribution >= 4 is 23.3 Å². The maximum absolute atomic E-state index is 13.0. The molecule has 1 saturated heterocycles. The van der Waals surface area contributed by atoms with E-state index in [1.54, 1.807) is 49.4 Å².